The van der Waals surface area contributed by atoms with Crippen molar-refractivity contribution in [2.75, 3.05) is 0 Å². The molecule has 3 aromatic rings. The Hall–Kier alpha value is -2.95. The number of carbonyl (C=O) groups is 1. The van der Waals surface area contributed by atoms with E-state index < -0.39 is 17.2 Å². The molecule has 1 N–H and O–H groups in total. The van der Waals surface area contributed by atoms with E-state index in [9.17, 15) is 19.1 Å². The Bertz CT molecular complexity index is 932. The summed E-state index contributed by atoms with van der Waals surface area (Å²) in [6.07, 6.45) is 2.00. The van der Waals surface area contributed by atoms with Gasteiger partial charge < -0.3 is 9.67 Å². The van der Waals surface area contributed by atoms with Crippen molar-refractivity contribution in [3.8, 4) is 0 Å². The lowest BCUT2D eigenvalue weighted by atomic mass is 10.1. The molecule has 2 aromatic carbocycles. The Balaban J connectivity index is 2.10. The first-order valence-electron chi connectivity index (χ1n) is 7.16. The molecule has 1 aromatic heterocycles. The largest absolute Gasteiger partial charge is 0.477 e. The average molecular weight is 311 g/mol. The Kier molecular flexibility index (Phi) is 3.93. The van der Waals surface area contributed by atoms with Crippen LogP contribution in [0.2, 0.25) is 0 Å². The van der Waals surface area contributed by atoms with Gasteiger partial charge in [0.2, 0.25) is 5.43 Å². The predicted octanol–water partition coefficient (Wildman–Crippen LogP) is 3.08. The normalized spacial score (nSPS) is 10.8. The maximum atomic E-state index is 13.4. The van der Waals surface area contributed by atoms with E-state index in [0.717, 1.165) is 11.6 Å². The summed E-state index contributed by atoms with van der Waals surface area (Å²) in [6, 6.07) is 13.6. The smallest absolute Gasteiger partial charge is 0.341 e. The highest BCUT2D eigenvalue weighted by Gasteiger charge is 2.15. The molecular formula is C18H14FNO3. The van der Waals surface area contributed by atoms with Gasteiger partial charge in [-0.25, -0.2) is 9.18 Å². The molecule has 0 radical (unpaired) electrons. The van der Waals surface area contributed by atoms with E-state index >= 15 is 0 Å². The molecule has 1 heterocycles. The maximum absolute atomic E-state index is 13.4. The van der Waals surface area contributed by atoms with Crippen molar-refractivity contribution in [3.05, 3.63) is 81.9 Å². The van der Waals surface area contributed by atoms with E-state index in [1.165, 1.54) is 18.3 Å². The van der Waals surface area contributed by atoms with Crippen LogP contribution < -0.4 is 5.43 Å². The lowest BCUT2D eigenvalue weighted by Crippen LogP contribution is -2.19. The first-order chi connectivity index (χ1) is 11.1. The molecule has 0 saturated heterocycles. The number of fused-ring (bicyclic) bond motifs is 1. The van der Waals surface area contributed by atoms with Crippen LogP contribution in [-0.4, -0.2) is 15.6 Å². The molecule has 0 unspecified atom stereocenters. The standard InChI is InChI=1S/C18H14FNO3/c19-13-6-7-16-14(10-13)17(21)15(18(22)23)11-20(16)9-8-12-4-2-1-3-5-12/h1-7,10-11H,8-9H2,(H,22,23). The molecule has 116 valence electrons. The van der Waals surface area contributed by atoms with Crippen LogP contribution in [0.5, 0.6) is 0 Å². The molecular weight excluding hydrogens is 297 g/mol. The van der Waals surface area contributed by atoms with Crippen LogP contribution in [0.4, 0.5) is 4.39 Å². The second kappa shape index (κ2) is 6.04. The van der Waals surface area contributed by atoms with Crippen LogP contribution >= 0.6 is 0 Å². The number of nitrogens with zero attached hydrogens (tertiary/aromatic N) is 1. The summed E-state index contributed by atoms with van der Waals surface area (Å²) in [5.74, 6) is -1.87. The number of pyridine rings is 1. The van der Waals surface area contributed by atoms with Gasteiger partial charge in [0.05, 0.1) is 5.52 Å². The van der Waals surface area contributed by atoms with Crippen molar-refractivity contribution in [2.45, 2.75) is 13.0 Å². The summed E-state index contributed by atoms with van der Waals surface area (Å²) in [5, 5.41) is 9.28. The Morgan fingerprint density at radius 1 is 1.13 bits per heavy atom. The van der Waals surface area contributed by atoms with Gasteiger partial charge in [0.15, 0.2) is 0 Å². The molecule has 0 saturated carbocycles. The molecule has 0 bridgehead atoms. The lowest BCUT2D eigenvalue weighted by Gasteiger charge is -2.12. The number of hydrogen-bond donors (Lipinski definition) is 1. The van der Waals surface area contributed by atoms with Crippen LogP contribution in [0.1, 0.15) is 15.9 Å². The summed E-state index contributed by atoms with van der Waals surface area (Å²) in [4.78, 5) is 23.5. The molecule has 5 heteroatoms. The van der Waals surface area contributed by atoms with E-state index in [4.69, 9.17) is 0 Å². The minimum Gasteiger partial charge on any atom is -0.477 e. The lowest BCUT2D eigenvalue weighted by molar-refractivity contribution is 0.0695. The van der Waals surface area contributed by atoms with E-state index in [1.54, 1.807) is 4.57 Å². The zero-order valence-corrected chi connectivity index (χ0v) is 12.2. The average Bonchev–Trinajstić information content (AvgIpc) is 2.55. The summed E-state index contributed by atoms with van der Waals surface area (Å²) in [6.45, 7) is 0.493. The van der Waals surface area contributed by atoms with Gasteiger partial charge in [-0.15, -0.1) is 0 Å². The fraction of sp³-hybridized carbons (Fsp3) is 0.111. The molecule has 23 heavy (non-hydrogen) atoms. The zero-order valence-electron chi connectivity index (χ0n) is 12.2. The number of halogens is 1. The fourth-order valence-corrected chi connectivity index (χ4v) is 2.60. The Labute approximate surface area is 131 Å². The number of hydrogen-bond acceptors (Lipinski definition) is 2. The van der Waals surface area contributed by atoms with Crippen molar-refractivity contribution >= 4 is 16.9 Å². The third-order valence-electron chi connectivity index (χ3n) is 3.76. The Morgan fingerprint density at radius 3 is 2.57 bits per heavy atom. The van der Waals surface area contributed by atoms with Crippen LogP contribution in [0.3, 0.4) is 0 Å². The van der Waals surface area contributed by atoms with Gasteiger partial charge in [-0.05, 0) is 30.2 Å². The third kappa shape index (κ3) is 2.99. The predicted molar refractivity (Wildman–Crippen MR) is 85.3 cm³/mol. The summed E-state index contributed by atoms with van der Waals surface area (Å²) in [5.41, 5.74) is 0.606. The highest BCUT2D eigenvalue weighted by atomic mass is 19.1. The number of aromatic nitrogens is 1. The molecule has 0 aliphatic carbocycles. The SMILES string of the molecule is O=C(O)c1cn(CCc2ccccc2)c2ccc(F)cc2c1=O. The minimum absolute atomic E-state index is 0.0814. The van der Waals surface area contributed by atoms with E-state index in [2.05, 4.69) is 0 Å². The van der Waals surface area contributed by atoms with Gasteiger partial charge in [0.1, 0.15) is 11.4 Å². The van der Waals surface area contributed by atoms with Crippen molar-refractivity contribution in [1.29, 1.82) is 0 Å². The van der Waals surface area contributed by atoms with Gasteiger partial charge >= 0.3 is 5.97 Å². The van der Waals surface area contributed by atoms with Crippen molar-refractivity contribution in [2.24, 2.45) is 0 Å². The topological polar surface area (TPSA) is 59.3 Å². The van der Waals surface area contributed by atoms with E-state index in [0.29, 0.717) is 18.5 Å². The van der Waals surface area contributed by atoms with Crippen LogP contribution in [0, 0.1) is 5.82 Å². The fourth-order valence-electron chi connectivity index (χ4n) is 2.60. The number of benzene rings is 2. The molecule has 0 aliphatic rings. The number of carboxylic acid groups (broad SMARTS) is 1. The molecule has 3 rings (SSSR count). The molecule has 0 atom stereocenters. The number of aryl methyl sites for hydroxylation is 2. The second-order valence-corrected chi connectivity index (χ2v) is 5.27. The second-order valence-electron chi connectivity index (χ2n) is 5.27. The minimum atomic E-state index is -1.31. The van der Waals surface area contributed by atoms with Gasteiger partial charge in [0.25, 0.3) is 0 Å². The van der Waals surface area contributed by atoms with Crippen LogP contribution in [0.25, 0.3) is 10.9 Å². The van der Waals surface area contributed by atoms with Crippen molar-refractivity contribution < 1.29 is 14.3 Å². The summed E-state index contributed by atoms with van der Waals surface area (Å²) in [7, 11) is 0. The first-order valence-corrected chi connectivity index (χ1v) is 7.16. The van der Waals surface area contributed by atoms with Gasteiger partial charge in [-0.1, -0.05) is 30.3 Å². The molecule has 4 nitrogen and oxygen atoms in total. The molecule has 0 aliphatic heterocycles. The molecule has 0 fully saturated rings. The third-order valence-corrected chi connectivity index (χ3v) is 3.76. The highest BCUT2D eigenvalue weighted by Crippen LogP contribution is 2.15. The van der Waals surface area contributed by atoms with Gasteiger partial charge in [-0.2, -0.15) is 0 Å². The number of carboxylic acids is 1. The number of aromatic carboxylic acids is 1. The van der Waals surface area contributed by atoms with Crippen LogP contribution in [0.15, 0.2) is 59.5 Å². The van der Waals surface area contributed by atoms with Crippen molar-refractivity contribution in [3.63, 3.8) is 0 Å². The monoisotopic (exact) mass is 311 g/mol. The van der Waals surface area contributed by atoms with Crippen molar-refractivity contribution in [1.82, 2.24) is 4.57 Å². The molecule has 0 spiro atoms. The zero-order chi connectivity index (χ0) is 16.4. The molecule has 0 amide bonds. The highest BCUT2D eigenvalue weighted by molar-refractivity contribution is 5.92. The Morgan fingerprint density at radius 2 is 1.87 bits per heavy atom. The quantitative estimate of drug-likeness (QED) is 0.805. The first kappa shape index (κ1) is 15.0. The van der Waals surface area contributed by atoms with E-state index in [-0.39, 0.29) is 10.9 Å². The van der Waals surface area contributed by atoms with Gasteiger partial charge in [0, 0.05) is 18.1 Å². The summed E-state index contributed by atoms with van der Waals surface area (Å²) >= 11 is 0. The number of rotatable bonds is 4. The summed E-state index contributed by atoms with van der Waals surface area (Å²) < 4.78 is 15.1. The van der Waals surface area contributed by atoms with Gasteiger partial charge in [-0.3, -0.25) is 4.79 Å². The van der Waals surface area contributed by atoms with E-state index in [1.807, 2.05) is 30.3 Å². The van der Waals surface area contributed by atoms with Crippen LogP contribution in [-0.2, 0) is 13.0 Å². The maximum Gasteiger partial charge on any atom is 0.341 e.